The van der Waals surface area contributed by atoms with Gasteiger partial charge in [-0.1, -0.05) is 61.5 Å². The molecule has 5 rings (SSSR count). The zero-order valence-electron chi connectivity index (χ0n) is 20.5. The Morgan fingerprint density at radius 1 is 1.00 bits per heavy atom. The van der Waals surface area contributed by atoms with Crippen molar-refractivity contribution in [3.8, 4) is 11.3 Å². The highest BCUT2D eigenvalue weighted by atomic mass is 16.5. The summed E-state index contributed by atoms with van der Waals surface area (Å²) in [6.07, 6.45) is 3.56. The van der Waals surface area contributed by atoms with Crippen molar-refractivity contribution >= 4 is 11.9 Å². The number of esters is 1. The third-order valence-corrected chi connectivity index (χ3v) is 7.34. The molecular weight excluding hydrogens is 438 g/mol. The Morgan fingerprint density at radius 2 is 1.71 bits per heavy atom. The minimum atomic E-state index is -0.397. The third-order valence-electron chi connectivity index (χ3n) is 7.34. The lowest BCUT2D eigenvalue weighted by Gasteiger charge is -2.33. The number of piperidine rings is 1. The monoisotopic (exact) mass is 471 g/mol. The Labute approximate surface area is 206 Å². The quantitative estimate of drug-likeness (QED) is 0.441. The van der Waals surface area contributed by atoms with Gasteiger partial charge >= 0.3 is 5.97 Å². The number of hydrogen-bond acceptors (Lipinski definition) is 4. The molecule has 0 spiro atoms. The number of ether oxygens (including phenoxy) is 1. The van der Waals surface area contributed by atoms with E-state index >= 15 is 0 Å². The van der Waals surface area contributed by atoms with Gasteiger partial charge in [0.2, 0.25) is 5.91 Å². The van der Waals surface area contributed by atoms with Crippen LogP contribution in [-0.4, -0.2) is 46.3 Å². The zero-order valence-corrected chi connectivity index (χ0v) is 20.5. The topological polar surface area (TPSA) is 64.4 Å². The molecule has 182 valence electrons. The van der Waals surface area contributed by atoms with E-state index in [0.717, 1.165) is 36.9 Å². The van der Waals surface area contributed by atoms with Gasteiger partial charge in [0, 0.05) is 19.0 Å². The van der Waals surface area contributed by atoms with E-state index in [-0.39, 0.29) is 17.9 Å². The average Bonchev–Trinajstić information content (AvgIpc) is 3.59. The summed E-state index contributed by atoms with van der Waals surface area (Å²) < 4.78 is 7.20. The lowest BCUT2D eigenvalue weighted by Crippen LogP contribution is -2.40. The summed E-state index contributed by atoms with van der Waals surface area (Å²) in [6, 6.07) is 20.8. The van der Waals surface area contributed by atoms with Crippen LogP contribution in [0.25, 0.3) is 11.3 Å². The highest BCUT2D eigenvalue weighted by molar-refractivity contribution is 5.88. The van der Waals surface area contributed by atoms with Gasteiger partial charge in [0.05, 0.1) is 18.3 Å². The molecule has 1 amide bonds. The second kappa shape index (κ2) is 10.1. The lowest BCUT2D eigenvalue weighted by molar-refractivity contribution is -0.134. The van der Waals surface area contributed by atoms with Crippen molar-refractivity contribution in [2.45, 2.75) is 51.5 Å². The van der Waals surface area contributed by atoms with Crippen LogP contribution < -0.4 is 0 Å². The van der Waals surface area contributed by atoms with Crippen LogP contribution in [0.2, 0.25) is 0 Å². The van der Waals surface area contributed by atoms with E-state index < -0.39 is 5.97 Å². The van der Waals surface area contributed by atoms with Crippen molar-refractivity contribution in [1.82, 2.24) is 14.7 Å². The maximum Gasteiger partial charge on any atom is 0.358 e. The van der Waals surface area contributed by atoms with Crippen molar-refractivity contribution in [2.24, 2.45) is 5.92 Å². The summed E-state index contributed by atoms with van der Waals surface area (Å²) in [6.45, 7) is 5.68. The molecule has 6 heteroatoms. The number of hydrogen-bond donors (Lipinski definition) is 0. The molecule has 1 aliphatic heterocycles. The summed E-state index contributed by atoms with van der Waals surface area (Å²) in [4.78, 5) is 27.6. The standard InChI is InChI=1S/C29H33N3O3/c1-3-20-10-12-22(13-11-20)27-19-26(29(34)35-4-2)30-32(27)23-14-16-31(17-15-23)28(33)25-18-24(25)21-8-6-5-7-9-21/h5-13,19,23-25H,3-4,14-18H2,1-2H3/t24-,25+/m0/s1. The van der Waals surface area contributed by atoms with Crippen molar-refractivity contribution < 1.29 is 14.3 Å². The molecule has 1 aliphatic carbocycles. The predicted molar refractivity (Wildman–Crippen MR) is 135 cm³/mol. The predicted octanol–water partition coefficient (Wildman–Crippen LogP) is 5.26. The van der Waals surface area contributed by atoms with Crippen molar-refractivity contribution in [2.75, 3.05) is 19.7 Å². The second-order valence-electron chi connectivity index (χ2n) is 9.55. The normalized spacial score (nSPS) is 20.0. The number of aryl methyl sites for hydroxylation is 1. The van der Waals surface area contributed by atoms with Crippen molar-refractivity contribution in [1.29, 1.82) is 0 Å². The van der Waals surface area contributed by atoms with E-state index in [2.05, 4.69) is 48.4 Å². The van der Waals surface area contributed by atoms with E-state index in [0.29, 0.717) is 31.3 Å². The summed E-state index contributed by atoms with van der Waals surface area (Å²) in [5, 5.41) is 4.68. The summed E-state index contributed by atoms with van der Waals surface area (Å²) in [5.41, 5.74) is 4.83. The van der Waals surface area contributed by atoms with Gasteiger partial charge in [-0.25, -0.2) is 4.79 Å². The molecule has 2 fully saturated rings. The molecule has 0 radical (unpaired) electrons. The highest BCUT2D eigenvalue weighted by Crippen LogP contribution is 2.48. The first-order valence-electron chi connectivity index (χ1n) is 12.8. The van der Waals surface area contributed by atoms with Crippen LogP contribution in [0.5, 0.6) is 0 Å². The summed E-state index contributed by atoms with van der Waals surface area (Å²) in [5.74, 6) is 0.352. The van der Waals surface area contributed by atoms with Crippen LogP contribution in [0, 0.1) is 5.92 Å². The Morgan fingerprint density at radius 3 is 2.37 bits per heavy atom. The Bertz CT molecular complexity index is 1180. The molecule has 0 bridgehead atoms. The largest absolute Gasteiger partial charge is 0.461 e. The van der Waals surface area contributed by atoms with Gasteiger partial charge in [0.1, 0.15) is 0 Å². The van der Waals surface area contributed by atoms with E-state index in [1.165, 1.54) is 11.1 Å². The van der Waals surface area contributed by atoms with Gasteiger partial charge in [-0.2, -0.15) is 5.10 Å². The van der Waals surface area contributed by atoms with Gasteiger partial charge in [0.25, 0.3) is 0 Å². The molecule has 2 aromatic carbocycles. The molecule has 1 saturated heterocycles. The first-order valence-corrected chi connectivity index (χ1v) is 12.8. The first-order chi connectivity index (χ1) is 17.1. The van der Waals surface area contributed by atoms with Crippen LogP contribution in [0.15, 0.2) is 60.7 Å². The number of rotatable bonds is 7. The smallest absolute Gasteiger partial charge is 0.358 e. The van der Waals surface area contributed by atoms with Gasteiger partial charge in [-0.15, -0.1) is 0 Å². The van der Waals surface area contributed by atoms with E-state index in [4.69, 9.17) is 4.74 Å². The van der Waals surface area contributed by atoms with Gasteiger partial charge in [0.15, 0.2) is 5.69 Å². The fourth-order valence-electron chi connectivity index (χ4n) is 5.21. The average molecular weight is 472 g/mol. The van der Waals surface area contributed by atoms with E-state index in [1.54, 1.807) is 6.92 Å². The number of benzene rings is 2. The van der Waals surface area contributed by atoms with Gasteiger partial charge < -0.3 is 9.64 Å². The zero-order chi connectivity index (χ0) is 24.4. The first kappa shape index (κ1) is 23.3. The number of nitrogens with zero attached hydrogens (tertiary/aromatic N) is 3. The fourth-order valence-corrected chi connectivity index (χ4v) is 5.21. The van der Waals surface area contributed by atoms with Gasteiger partial charge in [-0.3, -0.25) is 9.48 Å². The molecular formula is C29H33N3O3. The van der Waals surface area contributed by atoms with Crippen molar-refractivity contribution in [3.63, 3.8) is 0 Å². The number of amides is 1. The van der Waals surface area contributed by atoms with Crippen molar-refractivity contribution in [3.05, 3.63) is 77.5 Å². The molecule has 2 aliphatic rings. The maximum atomic E-state index is 13.1. The summed E-state index contributed by atoms with van der Waals surface area (Å²) >= 11 is 0. The Hall–Kier alpha value is -3.41. The van der Waals surface area contributed by atoms with E-state index in [9.17, 15) is 9.59 Å². The molecule has 2 atom stereocenters. The van der Waals surface area contributed by atoms with Gasteiger partial charge in [-0.05, 0) is 61.3 Å². The molecule has 6 nitrogen and oxygen atoms in total. The molecule has 1 aromatic heterocycles. The van der Waals surface area contributed by atoms with Crippen LogP contribution in [0.3, 0.4) is 0 Å². The highest BCUT2D eigenvalue weighted by Gasteiger charge is 2.46. The fraction of sp³-hybridized carbons (Fsp3) is 0.414. The molecule has 0 unspecified atom stereocenters. The molecule has 35 heavy (non-hydrogen) atoms. The minimum Gasteiger partial charge on any atom is -0.461 e. The second-order valence-corrected chi connectivity index (χ2v) is 9.55. The Kier molecular flexibility index (Phi) is 6.71. The third kappa shape index (κ3) is 4.88. The number of carbonyl (C=O) groups excluding carboxylic acids is 2. The molecule has 1 saturated carbocycles. The molecule has 3 aromatic rings. The van der Waals surface area contributed by atoms with Crippen LogP contribution in [0.1, 0.15) is 66.7 Å². The molecule has 0 N–H and O–H groups in total. The minimum absolute atomic E-state index is 0.113. The SMILES string of the molecule is CCOC(=O)c1cc(-c2ccc(CC)cc2)n(C2CCN(C(=O)[C@@H]3C[C@H]3c3ccccc3)CC2)n1. The number of likely N-dealkylation sites (tertiary alicyclic amines) is 1. The Balaban J connectivity index is 1.30. The van der Waals surface area contributed by atoms with E-state index in [1.807, 2.05) is 33.8 Å². The maximum absolute atomic E-state index is 13.1. The summed E-state index contributed by atoms with van der Waals surface area (Å²) in [7, 11) is 0. The number of aromatic nitrogens is 2. The van der Waals surface area contributed by atoms with Crippen LogP contribution in [-0.2, 0) is 16.0 Å². The number of carbonyl (C=O) groups is 2. The van der Waals surface area contributed by atoms with Crippen LogP contribution in [0.4, 0.5) is 0 Å². The molecule has 2 heterocycles. The van der Waals surface area contributed by atoms with Crippen LogP contribution >= 0.6 is 0 Å². The lowest BCUT2D eigenvalue weighted by atomic mass is 10.0.